The second kappa shape index (κ2) is 9.96. The maximum absolute atomic E-state index is 12.5. The molecule has 1 atom stereocenters. The first kappa shape index (κ1) is 21.7. The van der Waals surface area contributed by atoms with E-state index in [1.54, 1.807) is 7.05 Å². The summed E-state index contributed by atoms with van der Waals surface area (Å²) in [5, 5.41) is 7.90. The summed E-state index contributed by atoms with van der Waals surface area (Å²) in [5.41, 5.74) is -0.822. The average molecular weight is 379 g/mol. The van der Waals surface area contributed by atoms with Gasteiger partial charge < -0.3 is 15.5 Å². The molecule has 0 aliphatic carbocycles. The smallest absolute Gasteiger partial charge is 0.356 e. The molecule has 0 aliphatic rings. The molecule has 1 heterocycles. The molecule has 0 amide bonds. The summed E-state index contributed by atoms with van der Waals surface area (Å²) >= 11 is 1.03. The van der Waals surface area contributed by atoms with E-state index in [4.69, 9.17) is 0 Å². The zero-order chi connectivity index (χ0) is 19.0. The van der Waals surface area contributed by atoms with Gasteiger partial charge in [-0.1, -0.05) is 13.8 Å². The first-order valence-electron chi connectivity index (χ1n) is 8.26. The van der Waals surface area contributed by atoms with Crippen LogP contribution in [-0.2, 0) is 12.6 Å². The van der Waals surface area contributed by atoms with E-state index in [9.17, 15) is 13.2 Å². The van der Waals surface area contributed by atoms with Gasteiger partial charge in [0.25, 0.3) is 0 Å². The second-order valence-electron chi connectivity index (χ2n) is 6.50. The fourth-order valence-electron chi connectivity index (χ4n) is 2.30. The SMILES string of the molecule is CN=C(NCCc1nc(C(F)(F)F)cs1)NCC(CC(C)C)N(C)C. The highest BCUT2D eigenvalue weighted by atomic mass is 32.1. The lowest BCUT2D eigenvalue weighted by atomic mass is 10.0. The van der Waals surface area contributed by atoms with E-state index in [0.717, 1.165) is 29.7 Å². The molecule has 0 saturated heterocycles. The number of hydrogen-bond donors (Lipinski definition) is 2. The minimum absolute atomic E-state index is 0.381. The third-order valence-corrected chi connectivity index (χ3v) is 4.58. The van der Waals surface area contributed by atoms with Crippen molar-refractivity contribution in [2.45, 2.75) is 38.9 Å². The van der Waals surface area contributed by atoms with Crippen molar-refractivity contribution in [1.29, 1.82) is 0 Å². The van der Waals surface area contributed by atoms with Crippen molar-refractivity contribution in [3.05, 3.63) is 16.1 Å². The lowest BCUT2D eigenvalue weighted by molar-refractivity contribution is -0.140. The monoisotopic (exact) mass is 379 g/mol. The number of aliphatic imine (C=N–C) groups is 1. The standard InChI is InChI=1S/C16H28F3N5S/c1-11(2)8-12(24(4)5)9-22-15(20-3)21-7-6-14-23-13(10-25-14)16(17,18)19/h10-12H,6-9H2,1-5H3,(H2,20,21,22). The lowest BCUT2D eigenvalue weighted by Crippen LogP contribution is -2.45. The number of likely N-dealkylation sites (N-methyl/N-ethyl adjacent to an activating group) is 1. The molecule has 0 spiro atoms. The number of aromatic nitrogens is 1. The fraction of sp³-hybridized carbons (Fsp3) is 0.750. The molecular formula is C16H28F3N5S. The van der Waals surface area contributed by atoms with Crippen molar-refractivity contribution in [1.82, 2.24) is 20.5 Å². The van der Waals surface area contributed by atoms with Crippen LogP contribution in [0.15, 0.2) is 10.4 Å². The largest absolute Gasteiger partial charge is 0.434 e. The van der Waals surface area contributed by atoms with Crippen LogP contribution < -0.4 is 10.6 Å². The quantitative estimate of drug-likeness (QED) is 0.539. The van der Waals surface area contributed by atoms with E-state index in [1.165, 1.54) is 0 Å². The highest BCUT2D eigenvalue weighted by Crippen LogP contribution is 2.29. The van der Waals surface area contributed by atoms with Crippen LogP contribution in [-0.4, -0.2) is 56.1 Å². The Labute approximate surface area is 151 Å². The molecule has 1 aromatic heterocycles. The Hall–Kier alpha value is -1.35. The topological polar surface area (TPSA) is 52.6 Å². The number of nitrogens with zero attached hydrogens (tertiary/aromatic N) is 3. The van der Waals surface area contributed by atoms with Gasteiger partial charge in [-0.15, -0.1) is 11.3 Å². The third kappa shape index (κ3) is 8.04. The van der Waals surface area contributed by atoms with Gasteiger partial charge in [0.2, 0.25) is 0 Å². The molecular weight excluding hydrogens is 351 g/mol. The molecule has 0 radical (unpaired) electrons. The first-order chi connectivity index (χ1) is 11.6. The molecule has 25 heavy (non-hydrogen) atoms. The summed E-state index contributed by atoms with van der Waals surface area (Å²) in [7, 11) is 5.77. The summed E-state index contributed by atoms with van der Waals surface area (Å²) in [6, 6.07) is 0.381. The normalized spacial score (nSPS) is 14.2. The van der Waals surface area contributed by atoms with E-state index in [2.05, 4.69) is 39.4 Å². The zero-order valence-corrected chi connectivity index (χ0v) is 16.3. The Morgan fingerprint density at radius 1 is 1.32 bits per heavy atom. The molecule has 0 saturated carbocycles. The lowest BCUT2D eigenvalue weighted by Gasteiger charge is -2.27. The molecule has 1 unspecified atom stereocenters. The van der Waals surface area contributed by atoms with Crippen molar-refractivity contribution >= 4 is 17.3 Å². The molecule has 1 aromatic rings. The van der Waals surface area contributed by atoms with Crippen LogP contribution in [0.25, 0.3) is 0 Å². The van der Waals surface area contributed by atoms with Crippen LogP contribution in [0.4, 0.5) is 13.2 Å². The van der Waals surface area contributed by atoms with E-state index in [-0.39, 0.29) is 0 Å². The van der Waals surface area contributed by atoms with Crippen molar-refractivity contribution in [2.75, 3.05) is 34.2 Å². The van der Waals surface area contributed by atoms with Crippen LogP contribution in [0.1, 0.15) is 31.0 Å². The van der Waals surface area contributed by atoms with Crippen molar-refractivity contribution in [2.24, 2.45) is 10.9 Å². The number of rotatable bonds is 8. The number of nitrogens with one attached hydrogen (secondary N) is 2. The van der Waals surface area contributed by atoms with E-state index in [0.29, 0.717) is 35.9 Å². The Morgan fingerprint density at radius 3 is 2.48 bits per heavy atom. The highest BCUT2D eigenvalue weighted by molar-refractivity contribution is 7.09. The van der Waals surface area contributed by atoms with Gasteiger partial charge in [0.1, 0.15) is 0 Å². The Bertz CT molecular complexity index is 540. The maximum atomic E-state index is 12.5. The van der Waals surface area contributed by atoms with Crippen LogP contribution in [0.3, 0.4) is 0 Å². The molecule has 0 aliphatic heterocycles. The third-order valence-electron chi connectivity index (χ3n) is 3.68. The van der Waals surface area contributed by atoms with Crippen LogP contribution in [0, 0.1) is 5.92 Å². The van der Waals surface area contributed by atoms with Gasteiger partial charge in [-0.3, -0.25) is 4.99 Å². The zero-order valence-electron chi connectivity index (χ0n) is 15.4. The predicted octanol–water partition coefficient (Wildman–Crippen LogP) is 2.85. The number of halogens is 3. The van der Waals surface area contributed by atoms with Gasteiger partial charge in [-0.2, -0.15) is 13.2 Å². The Balaban J connectivity index is 2.43. The summed E-state index contributed by atoms with van der Waals surface area (Å²) < 4.78 is 37.6. The number of hydrogen-bond acceptors (Lipinski definition) is 4. The van der Waals surface area contributed by atoms with Crippen molar-refractivity contribution in [3.8, 4) is 0 Å². The van der Waals surface area contributed by atoms with E-state index < -0.39 is 11.9 Å². The van der Waals surface area contributed by atoms with Gasteiger partial charge in [0, 0.05) is 38.0 Å². The summed E-state index contributed by atoms with van der Waals surface area (Å²) in [5.74, 6) is 1.24. The maximum Gasteiger partial charge on any atom is 0.434 e. The second-order valence-corrected chi connectivity index (χ2v) is 7.44. The van der Waals surface area contributed by atoms with Gasteiger partial charge in [0.15, 0.2) is 11.7 Å². The molecule has 1 rings (SSSR count). The summed E-state index contributed by atoms with van der Waals surface area (Å²) in [6.45, 7) is 5.60. The van der Waals surface area contributed by atoms with Gasteiger partial charge in [-0.05, 0) is 26.4 Å². The minimum Gasteiger partial charge on any atom is -0.356 e. The average Bonchev–Trinajstić information content (AvgIpc) is 2.97. The van der Waals surface area contributed by atoms with Crippen molar-refractivity contribution < 1.29 is 13.2 Å². The fourth-order valence-corrected chi connectivity index (χ4v) is 3.10. The molecule has 0 aromatic carbocycles. The van der Waals surface area contributed by atoms with Crippen LogP contribution >= 0.6 is 11.3 Å². The van der Waals surface area contributed by atoms with E-state index >= 15 is 0 Å². The molecule has 5 nitrogen and oxygen atoms in total. The molecule has 0 bridgehead atoms. The molecule has 2 N–H and O–H groups in total. The molecule has 144 valence electrons. The van der Waals surface area contributed by atoms with Gasteiger partial charge in [0.05, 0.1) is 5.01 Å². The van der Waals surface area contributed by atoms with Crippen molar-refractivity contribution in [3.63, 3.8) is 0 Å². The Morgan fingerprint density at radius 2 is 2.00 bits per heavy atom. The van der Waals surface area contributed by atoms with Crippen LogP contribution in [0.2, 0.25) is 0 Å². The number of alkyl halides is 3. The first-order valence-corrected chi connectivity index (χ1v) is 9.14. The summed E-state index contributed by atoms with van der Waals surface area (Å²) in [4.78, 5) is 9.95. The minimum atomic E-state index is -4.38. The highest BCUT2D eigenvalue weighted by Gasteiger charge is 2.33. The van der Waals surface area contributed by atoms with Gasteiger partial charge in [-0.25, -0.2) is 4.98 Å². The molecule has 0 fully saturated rings. The summed E-state index contributed by atoms with van der Waals surface area (Å²) in [6.07, 6.45) is -2.89. The Kier molecular flexibility index (Phi) is 8.64. The van der Waals surface area contributed by atoms with E-state index in [1.807, 2.05) is 14.1 Å². The van der Waals surface area contributed by atoms with Crippen LogP contribution in [0.5, 0.6) is 0 Å². The van der Waals surface area contributed by atoms with Gasteiger partial charge >= 0.3 is 6.18 Å². The number of thiazole rings is 1. The molecule has 9 heteroatoms. The number of guanidine groups is 1. The predicted molar refractivity (Wildman–Crippen MR) is 97.1 cm³/mol.